The minimum Gasteiger partial charge on any atom is -0.495 e. The number of methoxy groups -OCH3 is 1. The number of nitrogens with zero attached hydrogens (tertiary/aromatic N) is 1. The number of rotatable bonds is 45. The van der Waals surface area contributed by atoms with Gasteiger partial charge in [0.05, 0.1) is 112 Å². The Kier molecular flexibility index (Phi) is 38.6. The number of esters is 4. The van der Waals surface area contributed by atoms with Crippen LogP contribution in [-0.2, 0) is 102 Å². The Labute approximate surface area is 870 Å². The van der Waals surface area contributed by atoms with E-state index in [-0.39, 0.29) is 175 Å². The SMILES string of the molecule is COc1cc(C(=O)NCCOCCOCCOCCOCCC(=O)N[C@@H](C(=O)N[C@@H](CCCNC(N)=O)C(=O)Nc2ccc(COC(=O)O[C@@H](C(=O)O[C@H]3C[C@@]4(O)[C@@H](OC(=O)c5ccccc5)C5[C@](C)(C(=O)[C@H](OC(C)=O)C(=C3C)C4(C)C)[C@@H](O)C[C@H]3OC[C@@]53OC(C)=O)C(NC(=O)c3ccccc3)c3ccccc3)cc2)C(C)C)ccc1NC(=O)[C@@H]1N[C@@H](CC(C)(C)C)[C@](C#N)(c2ccc(Cl)cc2F)[C@H]1c1cccc(Cl)c1F. The normalized spacial score (nSPS) is 23.3. The predicted molar refractivity (Wildman–Crippen MR) is 537 cm³/mol. The highest BCUT2D eigenvalue weighted by atomic mass is 35.5. The number of Topliss-reactive ketones (excluding diaryl/α,β-unsaturated/α-hetero) is 1. The van der Waals surface area contributed by atoms with E-state index in [1.54, 1.807) is 68.4 Å². The van der Waals surface area contributed by atoms with Crippen LogP contribution in [0, 0.1) is 51.0 Å². The van der Waals surface area contributed by atoms with Crippen LogP contribution >= 0.6 is 23.2 Å². The molecule has 149 heavy (non-hydrogen) atoms. The summed E-state index contributed by atoms with van der Waals surface area (Å²) in [5, 5.41) is 60.1. The molecule has 2 bridgehead atoms. The molecule has 2 saturated carbocycles. The van der Waals surface area contributed by atoms with E-state index < -0.39 is 226 Å². The lowest BCUT2D eigenvalue weighted by Crippen LogP contribution is -2.82. The monoisotopic (exact) mass is 2100 g/mol. The number of urea groups is 1. The number of ketones is 1. The van der Waals surface area contributed by atoms with E-state index in [0.29, 0.717) is 0 Å². The molecule has 0 radical (unpaired) electrons. The van der Waals surface area contributed by atoms with E-state index in [1.807, 2.05) is 20.8 Å². The third kappa shape index (κ3) is 26.7. The van der Waals surface area contributed by atoms with Gasteiger partial charge in [0.25, 0.3) is 11.8 Å². The summed E-state index contributed by atoms with van der Waals surface area (Å²) < 4.78 is 104. The zero-order chi connectivity index (χ0) is 108. The Morgan fingerprint density at radius 3 is 1.93 bits per heavy atom. The van der Waals surface area contributed by atoms with E-state index >= 15 is 18.4 Å². The molecule has 3 aliphatic carbocycles. The Bertz CT molecular complexity index is 6100. The molecule has 2 saturated heterocycles. The van der Waals surface area contributed by atoms with Gasteiger partial charge in [-0.15, -0.1) is 0 Å². The second kappa shape index (κ2) is 50.3. The van der Waals surface area contributed by atoms with E-state index in [4.69, 9.17) is 85.8 Å². The molecule has 2 aliphatic heterocycles. The van der Waals surface area contributed by atoms with Gasteiger partial charge in [0.2, 0.25) is 29.7 Å². The Morgan fingerprint density at radius 1 is 0.698 bits per heavy atom. The van der Waals surface area contributed by atoms with Crippen molar-refractivity contribution in [3.8, 4) is 11.8 Å². The maximum absolute atomic E-state index is 16.3. The topological polar surface area (TPSA) is 519 Å². The van der Waals surface area contributed by atoms with Gasteiger partial charge < -0.3 is 115 Å². The van der Waals surface area contributed by atoms with Gasteiger partial charge in [0.1, 0.15) is 71.4 Å². The quantitative estimate of drug-likeness (QED) is 0.00731. The van der Waals surface area contributed by atoms with Gasteiger partial charge in [-0.1, -0.05) is 169 Å². The minimum atomic E-state index is -2.60. The van der Waals surface area contributed by atoms with Crippen LogP contribution in [0.25, 0.3) is 0 Å². The van der Waals surface area contributed by atoms with E-state index in [1.165, 1.54) is 144 Å². The Morgan fingerprint density at radius 2 is 1.34 bits per heavy atom. The molecule has 0 spiro atoms. The highest BCUT2D eigenvalue weighted by Crippen LogP contribution is 2.65. The lowest BCUT2D eigenvalue weighted by atomic mass is 9.44. The van der Waals surface area contributed by atoms with Crippen LogP contribution in [0.2, 0.25) is 10.0 Å². The van der Waals surface area contributed by atoms with Crippen molar-refractivity contribution < 1.29 is 138 Å². The summed E-state index contributed by atoms with van der Waals surface area (Å²) in [4.78, 5) is 184. The van der Waals surface area contributed by atoms with Crippen molar-refractivity contribution in [2.45, 2.75) is 211 Å². The number of carbonyl (C=O) groups excluding carboxylic acids is 13. The molecule has 798 valence electrons. The molecule has 0 aromatic heterocycles. The van der Waals surface area contributed by atoms with Crippen molar-refractivity contribution in [2.24, 2.45) is 33.8 Å². The highest BCUT2D eigenvalue weighted by Gasteiger charge is 2.79. The van der Waals surface area contributed by atoms with Gasteiger partial charge in [-0.3, -0.25) is 43.2 Å². The number of hydrogen-bond acceptors (Lipinski definition) is 29. The fourth-order valence-corrected chi connectivity index (χ4v) is 20.6. The van der Waals surface area contributed by atoms with Gasteiger partial charge in [-0.05, 0) is 145 Å². The zero-order valence-corrected chi connectivity index (χ0v) is 86.1. The molecular weight excluding hydrogens is 1980 g/mol. The molecule has 5 aliphatic rings. The maximum atomic E-state index is 16.3. The smallest absolute Gasteiger partial charge is 0.495 e. The third-order valence-electron chi connectivity index (χ3n) is 27.7. The molecule has 7 aromatic rings. The van der Waals surface area contributed by atoms with Crippen LogP contribution in [-0.4, -0.2) is 239 Å². The number of nitrogens with two attached hydrogens (primary N) is 1. The fraction of sp³-hybridized carbons (Fsp3) is 0.463. The average Bonchev–Trinajstić information content (AvgIpc) is 1.52. The first kappa shape index (κ1) is 114. The van der Waals surface area contributed by atoms with Crippen molar-refractivity contribution in [1.29, 1.82) is 5.26 Å². The number of amides is 8. The number of ether oxygens (including phenoxy) is 12. The number of hydrogen-bond donors (Lipinski definition) is 11. The van der Waals surface area contributed by atoms with Crippen LogP contribution in [0.3, 0.4) is 0 Å². The Balaban J connectivity index is 0.616. The number of primary amides is 1. The summed E-state index contributed by atoms with van der Waals surface area (Å²) in [6.07, 6.45) is -13.1. The zero-order valence-electron chi connectivity index (χ0n) is 84.6. The van der Waals surface area contributed by atoms with Crippen molar-refractivity contribution in [3.05, 3.63) is 242 Å². The maximum Gasteiger partial charge on any atom is 0.509 e. The van der Waals surface area contributed by atoms with Crippen LogP contribution in [0.4, 0.5) is 29.7 Å². The molecule has 12 rings (SSSR count). The van der Waals surface area contributed by atoms with Gasteiger partial charge in [-0.2, -0.15) is 5.26 Å². The summed E-state index contributed by atoms with van der Waals surface area (Å²) in [5.41, 5.74) is -4.83. The fourth-order valence-electron chi connectivity index (χ4n) is 20.3. The first-order valence-corrected chi connectivity index (χ1v) is 49.6. The number of aliphatic hydroxyl groups excluding tert-OH is 1. The summed E-state index contributed by atoms with van der Waals surface area (Å²) >= 11 is 12.5. The van der Waals surface area contributed by atoms with Crippen molar-refractivity contribution in [1.82, 2.24) is 31.9 Å². The first-order valence-electron chi connectivity index (χ1n) is 48.8. The second-order valence-electron chi connectivity index (χ2n) is 39.5. The molecule has 12 N–H and O–H groups in total. The number of halogens is 4. The van der Waals surface area contributed by atoms with Gasteiger partial charge in [0, 0.05) is 91.0 Å². The lowest BCUT2D eigenvalue weighted by molar-refractivity contribution is -0.346. The largest absolute Gasteiger partial charge is 0.509 e. The molecule has 8 amide bonds. The van der Waals surface area contributed by atoms with Crippen molar-refractivity contribution in [3.63, 3.8) is 0 Å². The van der Waals surface area contributed by atoms with Crippen LogP contribution in [0.15, 0.2) is 181 Å². The molecule has 2 heterocycles. The minimum absolute atomic E-state index is 0.0189. The summed E-state index contributed by atoms with van der Waals surface area (Å²) in [7, 11) is 1.34. The Hall–Kier alpha value is -13.4. The average molecular weight is 2110 g/mol. The summed E-state index contributed by atoms with van der Waals surface area (Å²) in [5.74, 6) is -14.3. The first-order chi connectivity index (χ1) is 70.8. The molecule has 2 unspecified atom stereocenters. The second-order valence-corrected chi connectivity index (χ2v) is 40.3. The summed E-state index contributed by atoms with van der Waals surface area (Å²) in [6.45, 7) is 17.3. The van der Waals surface area contributed by atoms with E-state index in [2.05, 4.69) is 48.6 Å². The molecule has 4 fully saturated rings. The predicted octanol–water partition coefficient (Wildman–Crippen LogP) is 11.5. The summed E-state index contributed by atoms with van der Waals surface area (Å²) in [6, 6.07) is 36.8. The third-order valence-corrected chi connectivity index (χ3v) is 28.2. The number of aliphatic hydroxyl groups is 2. The van der Waals surface area contributed by atoms with Crippen LogP contribution < -0.4 is 53.0 Å². The number of carbonyl (C=O) groups is 13. The van der Waals surface area contributed by atoms with Gasteiger partial charge >= 0.3 is 36.1 Å². The number of nitrogens with one attached hydrogen (secondary N) is 8. The molecule has 41 heteroatoms. The molecule has 17 atom stereocenters. The number of fused-ring (bicyclic) bond motifs is 5. The van der Waals surface area contributed by atoms with Crippen LogP contribution in [0.1, 0.15) is 180 Å². The van der Waals surface area contributed by atoms with E-state index in [9.17, 15) is 68.2 Å². The van der Waals surface area contributed by atoms with Crippen molar-refractivity contribution >= 4 is 112 Å². The highest BCUT2D eigenvalue weighted by molar-refractivity contribution is 6.31. The number of nitriles is 1. The number of benzene rings is 7. The lowest BCUT2D eigenvalue weighted by Gasteiger charge is -2.67. The number of anilines is 2. The molecule has 7 aromatic carbocycles. The standard InChI is InChI=1S/C108H126Cl2F2N10O27/c1-60(2)86(121-82(126)41-44-139-46-48-141-50-51-142-49-47-140-45-43-115-94(128)68-35-40-75(77(52-68)138-12)118-98(132)88-84(71-30-22-31-73(110)85(71)112)106(58-113,79(120-88)56-103(6,7)8)72-39-36-69(109)53-74(72)111)97(131)119-76(32-23-42-116-101(114)135)96(130)117-70-37-33-64(34-38-70)57-143-102(136)147-90(87(65-24-16-13-17-25-65)122-95(129)66-26-18-14-19-27-66)100(134)146-78-55-108(137)93(148-99(133)67-28-20-15-21-29-67)91-105(11,80(125)54-81-107(91,59-144-81)149-63(5)124)92(127)89(145-62(4)123)83(61(78)3)104(108,9)10/h13-22,24-31,33-40,52-53,60,76,78-81,84,86-91,93,120,125,137H,23,32,41-51,54-57,59H2,1-12H3,(H,115,128)(H,117,130)(H,118,132)(H,119,131)(H,121,126)(H,122,129)(H3,114,116,135)/t76-,78-,79-,80-,81+,84-,86+,87?,88+,89+,90+,91?,93-,105+,106-,107-,108+/m0/s1. The van der Waals surface area contributed by atoms with Gasteiger partial charge in [-0.25, -0.2) is 28.0 Å². The molecular formula is C108H126Cl2F2N10O27. The van der Waals surface area contributed by atoms with E-state index in [0.717, 1.165) is 19.9 Å². The van der Waals surface area contributed by atoms with Gasteiger partial charge in [0.15, 0.2) is 17.5 Å². The molecule has 37 nitrogen and oxygen atoms in total. The van der Waals surface area contributed by atoms with Crippen LogP contribution in [0.5, 0.6) is 5.75 Å². The van der Waals surface area contributed by atoms with Crippen molar-refractivity contribution in [2.75, 3.05) is 90.3 Å².